The molecule has 1 aliphatic rings. The van der Waals surface area contributed by atoms with Gasteiger partial charge in [0.15, 0.2) is 5.16 Å². The minimum Gasteiger partial charge on any atom is -0.392 e. The van der Waals surface area contributed by atoms with Crippen LogP contribution in [0.5, 0.6) is 0 Å². The van der Waals surface area contributed by atoms with E-state index in [1.54, 1.807) is 30.0 Å². The molecule has 0 spiro atoms. The third-order valence-corrected chi connectivity index (χ3v) is 6.58. The lowest BCUT2D eigenvalue weighted by Gasteiger charge is -2.11. The first-order chi connectivity index (χ1) is 13.0. The van der Waals surface area contributed by atoms with Crippen molar-refractivity contribution in [3.8, 4) is 0 Å². The first-order valence-corrected chi connectivity index (χ1v) is 11.6. The predicted molar refractivity (Wildman–Crippen MR) is 115 cm³/mol. The van der Waals surface area contributed by atoms with E-state index in [1.807, 2.05) is 6.26 Å². The van der Waals surface area contributed by atoms with Gasteiger partial charge in [0.1, 0.15) is 10.6 Å². The van der Waals surface area contributed by atoms with Crippen LogP contribution in [0.1, 0.15) is 44.0 Å². The third-order valence-electron chi connectivity index (χ3n) is 4.95. The molecule has 2 N–H and O–H groups in total. The van der Waals surface area contributed by atoms with Crippen molar-refractivity contribution in [2.75, 3.05) is 18.1 Å². The zero-order chi connectivity index (χ0) is 19.1. The van der Waals surface area contributed by atoms with E-state index < -0.39 is 6.10 Å². The number of thiophene rings is 1. The molecule has 144 valence electrons. The average Bonchev–Trinajstić information content (AvgIpc) is 3.22. The number of aliphatic hydroxyl groups excluding tert-OH is 1. The highest BCUT2D eigenvalue weighted by Crippen LogP contribution is 2.42. The first kappa shape index (κ1) is 18.9. The Labute approximate surface area is 168 Å². The molecule has 1 aliphatic carbocycles. The van der Waals surface area contributed by atoms with E-state index in [-0.39, 0.29) is 0 Å². The second kappa shape index (κ2) is 7.53. The van der Waals surface area contributed by atoms with Crippen molar-refractivity contribution in [2.24, 2.45) is 5.92 Å². The zero-order valence-electron chi connectivity index (χ0n) is 16.3. The standard InChI is InChI=1S/C20H26N4OS2/c1-10(2)8-14-12-6-5-7-13(12)15-16-17(27-19(15)22-14)18(21-9-11(3)25)24-20(23-16)26-4/h10-11,25H,5-9H2,1-4H3,(H,21,23,24)/t11-/m0/s1. The highest BCUT2D eigenvalue weighted by molar-refractivity contribution is 7.98. The molecule has 3 aromatic heterocycles. The second-order valence-electron chi connectivity index (χ2n) is 7.72. The predicted octanol–water partition coefficient (Wildman–Crippen LogP) is 4.44. The van der Waals surface area contributed by atoms with E-state index >= 15 is 0 Å². The summed E-state index contributed by atoms with van der Waals surface area (Å²) in [6, 6.07) is 0. The van der Waals surface area contributed by atoms with Gasteiger partial charge in [0.05, 0.1) is 16.3 Å². The molecule has 7 heteroatoms. The Morgan fingerprint density at radius 3 is 2.63 bits per heavy atom. The molecule has 4 rings (SSSR count). The highest BCUT2D eigenvalue weighted by Gasteiger charge is 2.25. The molecule has 0 fully saturated rings. The van der Waals surface area contributed by atoms with Crippen LogP contribution in [0, 0.1) is 5.92 Å². The quantitative estimate of drug-likeness (QED) is 0.469. The number of aliphatic hydroxyl groups is 1. The molecule has 0 unspecified atom stereocenters. The minimum atomic E-state index is -0.429. The van der Waals surface area contributed by atoms with Gasteiger partial charge in [-0.2, -0.15) is 0 Å². The van der Waals surface area contributed by atoms with E-state index in [0.29, 0.717) is 12.5 Å². The Hall–Kier alpha value is -1.44. The van der Waals surface area contributed by atoms with Crippen molar-refractivity contribution in [1.82, 2.24) is 15.0 Å². The number of aromatic nitrogens is 3. The van der Waals surface area contributed by atoms with Gasteiger partial charge in [-0.25, -0.2) is 15.0 Å². The number of nitrogens with one attached hydrogen (secondary N) is 1. The van der Waals surface area contributed by atoms with Gasteiger partial charge >= 0.3 is 0 Å². The van der Waals surface area contributed by atoms with Crippen LogP contribution in [0.3, 0.4) is 0 Å². The molecular weight excluding hydrogens is 376 g/mol. The number of anilines is 1. The minimum absolute atomic E-state index is 0.429. The summed E-state index contributed by atoms with van der Waals surface area (Å²) in [7, 11) is 0. The van der Waals surface area contributed by atoms with Gasteiger partial charge in [-0.3, -0.25) is 0 Å². The summed E-state index contributed by atoms with van der Waals surface area (Å²) >= 11 is 3.23. The largest absolute Gasteiger partial charge is 0.392 e. The fourth-order valence-corrected chi connectivity index (χ4v) is 5.33. The average molecular weight is 403 g/mol. The highest BCUT2D eigenvalue weighted by atomic mass is 32.2. The van der Waals surface area contributed by atoms with E-state index in [1.165, 1.54) is 28.6 Å². The molecule has 3 aromatic rings. The topological polar surface area (TPSA) is 70.9 Å². The third kappa shape index (κ3) is 3.52. The van der Waals surface area contributed by atoms with E-state index in [9.17, 15) is 5.11 Å². The molecule has 0 saturated carbocycles. The molecule has 0 aliphatic heterocycles. The van der Waals surface area contributed by atoms with Gasteiger partial charge in [0, 0.05) is 17.6 Å². The van der Waals surface area contributed by atoms with Crippen LogP contribution in [-0.4, -0.2) is 39.0 Å². The lowest BCUT2D eigenvalue weighted by atomic mass is 9.99. The van der Waals surface area contributed by atoms with Gasteiger partial charge in [-0.15, -0.1) is 11.3 Å². The SMILES string of the molecule is CSc1nc(NC[C@H](C)O)c2sc3nc(CC(C)C)c4c(c3c2n1)CCC4. The Morgan fingerprint density at radius 1 is 1.15 bits per heavy atom. The van der Waals surface area contributed by atoms with Crippen molar-refractivity contribution in [2.45, 2.75) is 57.7 Å². The number of rotatable bonds is 6. The number of fused-ring (bicyclic) bond motifs is 5. The molecule has 0 radical (unpaired) electrons. The van der Waals surface area contributed by atoms with Gasteiger partial charge in [0.25, 0.3) is 0 Å². The molecule has 27 heavy (non-hydrogen) atoms. The van der Waals surface area contributed by atoms with Crippen LogP contribution in [-0.2, 0) is 19.3 Å². The molecule has 0 aromatic carbocycles. The number of thioether (sulfide) groups is 1. The van der Waals surface area contributed by atoms with Crippen LogP contribution in [0.25, 0.3) is 20.4 Å². The van der Waals surface area contributed by atoms with Crippen LogP contribution in [0.15, 0.2) is 5.16 Å². The van der Waals surface area contributed by atoms with E-state index in [2.05, 4.69) is 24.1 Å². The monoisotopic (exact) mass is 402 g/mol. The Balaban J connectivity index is 1.96. The normalized spacial score (nSPS) is 15.0. The summed E-state index contributed by atoms with van der Waals surface area (Å²) in [5, 5.41) is 15.0. The van der Waals surface area contributed by atoms with Crippen molar-refractivity contribution in [3.63, 3.8) is 0 Å². The molecule has 3 heterocycles. The van der Waals surface area contributed by atoms with Gasteiger partial charge in [-0.1, -0.05) is 25.6 Å². The number of nitrogens with zero attached hydrogens (tertiary/aromatic N) is 3. The summed E-state index contributed by atoms with van der Waals surface area (Å²) in [6.07, 6.45) is 6.04. The molecule has 1 atom stereocenters. The summed E-state index contributed by atoms with van der Waals surface area (Å²) in [4.78, 5) is 15.7. The maximum atomic E-state index is 9.68. The smallest absolute Gasteiger partial charge is 0.189 e. The second-order valence-corrected chi connectivity index (χ2v) is 9.49. The van der Waals surface area contributed by atoms with Gasteiger partial charge < -0.3 is 10.4 Å². The number of aryl methyl sites for hydroxylation is 1. The lowest BCUT2D eigenvalue weighted by molar-refractivity contribution is 0.208. The van der Waals surface area contributed by atoms with Crippen molar-refractivity contribution < 1.29 is 5.11 Å². The molecule has 0 saturated heterocycles. The van der Waals surface area contributed by atoms with Gasteiger partial charge in [0.2, 0.25) is 0 Å². The van der Waals surface area contributed by atoms with Crippen molar-refractivity contribution in [1.29, 1.82) is 0 Å². The van der Waals surface area contributed by atoms with Gasteiger partial charge in [-0.05, 0) is 55.9 Å². The summed E-state index contributed by atoms with van der Waals surface area (Å²) < 4.78 is 1.05. The Morgan fingerprint density at radius 2 is 1.93 bits per heavy atom. The Kier molecular flexibility index (Phi) is 5.27. The summed E-state index contributed by atoms with van der Waals surface area (Å²) in [6.45, 7) is 6.76. The summed E-state index contributed by atoms with van der Waals surface area (Å²) in [5.41, 5.74) is 5.20. The molecule has 5 nitrogen and oxygen atoms in total. The summed E-state index contributed by atoms with van der Waals surface area (Å²) in [5.74, 6) is 1.41. The number of hydrogen-bond acceptors (Lipinski definition) is 7. The lowest BCUT2D eigenvalue weighted by Crippen LogP contribution is -2.16. The van der Waals surface area contributed by atoms with E-state index in [4.69, 9.17) is 9.97 Å². The molecule has 0 bridgehead atoms. The van der Waals surface area contributed by atoms with Crippen molar-refractivity contribution in [3.05, 3.63) is 16.8 Å². The fraction of sp³-hybridized carbons (Fsp3) is 0.550. The zero-order valence-corrected chi connectivity index (χ0v) is 17.9. The Bertz CT molecular complexity index is 997. The fourth-order valence-electron chi connectivity index (χ4n) is 3.83. The van der Waals surface area contributed by atoms with Crippen LogP contribution in [0.2, 0.25) is 0 Å². The first-order valence-electron chi connectivity index (χ1n) is 9.58. The van der Waals surface area contributed by atoms with E-state index in [0.717, 1.165) is 45.3 Å². The van der Waals surface area contributed by atoms with Crippen LogP contribution < -0.4 is 5.32 Å². The van der Waals surface area contributed by atoms with Crippen LogP contribution >= 0.6 is 23.1 Å². The van der Waals surface area contributed by atoms with Crippen LogP contribution in [0.4, 0.5) is 5.82 Å². The number of pyridine rings is 1. The maximum Gasteiger partial charge on any atom is 0.189 e. The number of hydrogen-bond donors (Lipinski definition) is 2. The van der Waals surface area contributed by atoms with Crippen molar-refractivity contribution >= 4 is 49.3 Å². The maximum absolute atomic E-state index is 9.68. The molecule has 0 amide bonds. The molecular formula is C20H26N4OS2.